The summed E-state index contributed by atoms with van der Waals surface area (Å²) in [6, 6.07) is 8.30. The van der Waals surface area contributed by atoms with E-state index >= 15 is 0 Å². The van der Waals surface area contributed by atoms with Crippen LogP contribution in [-0.2, 0) is 0 Å². The predicted octanol–water partition coefficient (Wildman–Crippen LogP) is 4.64. The maximum atomic E-state index is 3.47. The highest BCUT2D eigenvalue weighted by Crippen LogP contribution is 2.19. The van der Waals surface area contributed by atoms with Crippen LogP contribution in [0.15, 0.2) is 28.7 Å². The van der Waals surface area contributed by atoms with Gasteiger partial charge in [0.1, 0.15) is 0 Å². The molecule has 0 aliphatic carbocycles. The lowest BCUT2D eigenvalue weighted by atomic mass is 10.2. The number of thioether (sulfide) groups is 1. The van der Waals surface area contributed by atoms with Crippen LogP contribution >= 0.6 is 27.7 Å². The fourth-order valence-corrected chi connectivity index (χ4v) is 2.61. The Hall–Kier alpha value is -0.150. The zero-order valence-electron chi connectivity index (χ0n) is 10.2. The van der Waals surface area contributed by atoms with Crippen molar-refractivity contribution in [3.8, 4) is 0 Å². The topological polar surface area (TPSA) is 12.0 Å². The first kappa shape index (κ1) is 13.9. The second-order valence-corrected chi connectivity index (χ2v) is 6.66. The van der Waals surface area contributed by atoms with Crippen LogP contribution in [0.25, 0.3) is 0 Å². The third-order valence-corrected chi connectivity index (χ3v) is 4.58. The number of anilines is 1. The first-order chi connectivity index (χ1) is 7.59. The van der Waals surface area contributed by atoms with Crippen LogP contribution in [0.3, 0.4) is 0 Å². The summed E-state index contributed by atoms with van der Waals surface area (Å²) in [5.74, 6) is 1.92. The molecule has 0 bridgehead atoms. The Bertz CT molecular complexity index is 315. The van der Waals surface area contributed by atoms with E-state index in [-0.39, 0.29) is 0 Å². The normalized spacial score (nSPS) is 12.8. The van der Waals surface area contributed by atoms with E-state index in [4.69, 9.17) is 0 Å². The fraction of sp³-hybridized carbons (Fsp3) is 0.538. The minimum absolute atomic E-state index is 0.740. The van der Waals surface area contributed by atoms with E-state index in [1.54, 1.807) is 0 Å². The SMILES string of the molecule is CC(C)C(C)SCCNc1cccc(Br)c1. The molecule has 0 heterocycles. The van der Waals surface area contributed by atoms with Gasteiger partial charge in [-0.2, -0.15) is 11.8 Å². The number of nitrogens with one attached hydrogen (secondary N) is 1. The molecule has 1 atom stereocenters. The molecule has 1 nitrogen and oxygen atoms in total. The summed E-state index contributed by atoms with van der Waals surface area (Å²) in [5, 5.41) is 4.17. The Morgan fingerprint density at radius 2 is 2.06 bits per heavy atom. The average molecular weight is 302 g/mol. The minimum Gasteiger partial charge on any atom is -0.384 e. The van der Waals surface area contributed by atoms with Crippen molar-refractivity contribution in [1.82, 2.24) is 0 Å². The first-order valence-electron chi connectivity index (χ1n) is 5.70. The van der Waals surface area contributed by atoms with Crippen molar-refractivity contribution >= 4 is 33.4 Å². The van der Waals surface area contributed by atoms with Gasteiger partial charge < -0.3 is 5.32 Å². The molecule has 0 saturated heterocycles. The van der Waals surface area contributed by atoms with E-state index in [9.17, 15) is 0 Å². The third kappa shape index (κ3) is 5.26. The van der Waals surface area contributed by atoms with Gasteiger partial charge in [-0.25, -0.2) is 0 Å². The molecule has 1 unspecified atom stereocenters. The Morgan fingerprint density at radius 1 is 1.31 bits per heavy atom. The van der Waals surface area contributed by atoms with Crippen LogP contribution in [-0.4, -0.2) is 17.5 Å². The zero-order chi connectivity index (χ0) is 12.0. The number of benzene rings is 1. The molecule has 0 aliphatic heterocycles. The van der Waals surface area contributed by atoms with Crippen LogP contribution < -0.4 is 5.32 Å². The number of hydrogen-bond donors (Lipinski definition) is 1. The largest absolute Gasteiger partial charge is 0.384 e. The van der Waals surface area contributed by atoms with Crippen LogP contribution in [0.2, 0.25) is 0 Å². The van der Waals surface area contributed by atoms with E-state index in [1.165, 1.54) is 5.69 Å². The van der Waals surface area contributed by atoms with Crippen molar-refractivity contribution in [3.63, 3.8) is 0 Å². The van der Waals surface area contributed by atoms with Crippen LogP contribution in [0.5, 0.6) is 0 Å². The van der Waals surface area contributed by atoms with Crippen molar-refractivity contribution in [2.45, 2.75) is 26.0 Å². The maximum Gasteiger partial charge on any atom is 0.0351 e. The van der Waals surface area contributed by atoms with E-state index < -0.39 is 0 Å². The molecule has 16 heavy (non-hydrogen) atoms. The van der Waals surface area contributed by atoms with Gasteiger partial charge in [-0.1, -0.05) is 42.8 Å². The molecule has 1 aromatic rings. The average Bonchev–Trinajstić information content (AvgIpc) is 2.24. The Labute approximate surface area is 112 Å². The molecule has 0 aliphatic rings. The molecule has 1 aromatic carbocycles. The van der Waals surface area contributed by atoms with Crippen LogP contribution in [0, 0.1) is 5.92 Å². The van der Waals surface area contributed by atoms with Gasteiger partial charge in [0, 0.05) is 27.7 Å². The zero-order valence-corrected chi connectivity index (χ0v) is 12.6. The van der Waals surface area contributed by atoms with E-state index in [0.717, 1.165) is 27.9 Å². The quantitative estimate of drug-likeness (QED) is 0.768. The van der Waals surface area contributed by atoms with Gasteiger partial charge in [-0.15, -0.1) is 0 Å². The summed E-state index contributed by atoms with van der Waals surface area (Å²) < 4.78 is 1.13. The molecule has 0 radical (unpaired) electrons. The number of rotatable bonds is 6. The van der Waals surface area contributed by atoms with E-state index in [1.807, 2.05) is 17.8 Å². The summed E-state index contributed by atoms with van der Waals surface area (Å²) in [4.78, 5) is 0. The van der Waals surface area contributed by atoms with Gasteiger partial charge in [-0.05, 0) is 24.1 Å². The van der Waals surface area contributed by atoms with Gasteiger partial charge in [-0.3, -0.25) is 0 Å². The van der Waals surface area contributed by atoms with Crippen molar-refractivity contribution in [3.05, 3.63) is 28.7 Å². The van der Waals surface area contributed by atoms with Gasteiger partial charge in [0.2, 0.25) is 0 Å². The molecule has 3 heteroatoms. The van der Waals surface area contributed by atoms with Gasteiger partial charge in [0.05, 0.1) is 0 Å². The van der Waals surface area contributed by atoms with Crippen molar-refractivity contribution in [1.29, 1.82) is 0 Å². The Kier molecular flexibility index (Phi) is 6.29. The number of hydrogen-bond acceptors (Lipinski definition) is 2. The summed E-state index contributed by atoms with van der Waals surface area (Å²) in [6.07, 6.45) is 0. The summed E-state index contributed by atoms with van der Waals surface area (Å²) in [5.41, 5.74) is 1.19. The number of halogens is 1. The Balaban J connectivity index is 2.21. The van der Waals surface area contributed by atoms with Crippen molar-refractivity contribution < 1.29 is 0 Å². The molecule has 1 rings (SSSR count). The second kappa shape index (κ2) is 7.23. The lowest BCUT2D eigenvalue weighted by molar-refractivity contribution is 0.642. The van der Waals surface area contributed by atoms with E-state index in [0.29, 0.717) is 0 Å². The van der Waals surface area contributed by atoms with Crippen LogP contribution in [0.4, 0.5) is 5.69 Å². The predicted molar refractivity (Wildman–Crippen MR) is 79.4 cm³/mol. The molecule has 0 fully saturated rings. The first-order valence-corrected chi connectivity index (χ1v) is 7.55. The summed E-state index contributed by atoms with van der Waals surface area (Å²) in [6.45, 7) is 7.88. The summed E-state index contributed by atoms with van der Waals surface area (Å²) >= 11 is 5.50. The lowest BCUT2D eigenvalue weighted by Gasteiger charge is -2.15. The second-order valence-electron chi connectivity index (χ2n) is 4.26. The molecular weight excluding hydrogens is 282 g/mol. The van der Waals surface area contributed by atoms with Gasteiger partial charge in [0.15, 0.2) is 0 Å². The van der Waals surface area contributed by atoms with Crippen molar-refractivity contribution in [2.75, 3.05) is 17.6 Å². The van der Waals surface area contributed by atoms with Gasteiger partial charge in [0.25, 0.3) is 0 Å². The van der Waals surface area contributed by atoms with E-state index in [2.05, 4.69) is 60.2 Å². The Morgan fingerprint density at radius 3 is 2.69 bits per heavy atom. The molecule has 0 spiro atoms. The molecular formula is C13H20BrNS. The molecule has 0 aromatic heterocycles. The van der Waals surface area contributed by atoms with Crippen molar-refractivity contribution in [2.24, 2.45) is 5.92 Å². The maximum absolute atomic E-state index is 3.47. The fourth-order valence-electron chi connectivity index (χ4n) is 1.23. The molecule has 0 amide bonds. The standard InChI is InChI=1S/C13H20BrNS/c1-10(2)11(3)16-8-7-15-13-6-4-5-12(14)9-13/h4-6,9-11,15H,7-8H2,1-3H3. The minimum atomic E-state index is 0.740. The lowest BCUT2D eigenvalue weighted by Crippen LogP contribution is -2.11. The molecule has 90 valence electrons. The smallest absolute Gasteiger partial charge is 0.0351 e. The molecule has 1 N–H and O–H groups in total. The monoisotopic (exact) mass is 301 g/mol. The summed E-state index contributed by atoms with van der Waals surface area (Å²) in [7, 11) is 0. The van der Waals surface area contributed by atoms with Gasteiger partial charge >= 0.3 is 0 Å². The third-order valence-electron chi connectivity index (χ3n) is 2.58. The highest BCUT2D eigenvalue weighted by atomic mass is 79.9. The van der Waals surface area contributed by atoms with Crippen LogP contribution in [0.1, 0.15) is 20.8 Å². The highest BCUT2D eigenvalue weighted by molar-refractivity contribution is 9.10. The highest BCUT2D eigenvalue weighted by Gasteiger charge is 2.06. The molecule has 0 saturated carbocycles.